The molecular formula is C53H42N2O6. The lowest BCUT2D eigenvalue weighted by Crippen LogP contribution is -2.32. The van der Waals surface area contributed by atoms with Gasteiger partial charge in [-0.3, -0.25) is 0 Å². The Morgan fingerprint density at radius 2 is 0.836 bits per heavy atom. The highest BCUT2D eigenvalue weighted by Gasteiger charge is 2.24. The lowest BCUT2D eigenvalue weighted by atomic mass is 10.0. The molecule has 0 fully saturated rings. The third kappa shape index (κ3) is 9.32. The zero-order valence-electron chi connectivity index (χ0n) is 33.6. The Morgan fingerprint density at radius 1 is 0.443 bits per heavy atom. The number of hydrogen-bond donors (Lipinski definition) is 0. The van der Waals surface area contributed by atoms with Crippen LogP contribution in [0.1, 0.15) is 22.3 Å². The van der Waals surface area contributed by atoms with E-state index in [0.29, 0.717) is 44.5 Å². The second-order valence-corrected chi connectivity index (χ2v) is 14.4. The van der Waals surface area contributed by atoms with Crippen LogP contribution in [0.2, 0.25) is 0 Å². The number of anilines is 2. The van der Waals surface area contributed by atoms with Crippen molar-refractivity contribution in [3.63, 3.8) is 0 Å². The van der Waals surface area contributed by atoms with Crippen LogP contribution in [-0.4, -0.2) is 39.9 Å². The molecule has 0 radical (unpaired) electrons. The van der Waals surface area contributed by atoms with Crippen LogP contribution in [0.5, 0.6) is 34.5 Å². The molecule has 300 valence electrons. The Morgan fingerprint density at radius 3 is 1.25 bits per heavy atom. The van der Waals surface area contributed by atoms with E-state index in [1.807, 2.05) is 72.8 Å². The molecule has 61 heavy (non-hydrogen) atoms. The van der Waals surface area contributed by atoms with Crippen LogP contribution >= 0.6 is 0 Å². The van der Waals surface area contributed by atoms with E-state index in [1.165, 1.54) is 0 Å². The first-order valence-corrected chi connectivity index (χ1v) is 19.7. The summed E-state index contributed by atoms with van der Waals surface area (Å²) < 4.78 is 35.9. The zero-order chi connectivity index (χ0) is 42.0. The molecule has 8 heteroatoms. The fraction of sp³-hybridized carbons (Fsp3) is 0.170. The van der Waals surface area contributed by atoms with Crippen molar-refractivity contribution < 1.29 is 28.4 Å². The maximum atomic E-state index is 6.24. The molecular weight excluding hydrogens is 761 g/mol. The van der Waals surface area contributed by atoms with Crippen LogP contribution in [0.3, 0.4) is 0 Å². The highest BCUT2D eigenvalue weighted by Crippen LogP contribution is 2.39. The number of benzene rings is 6. The second kappa shape index (κ2) is 18.7. The monoisotopic (exact) mass is 802 g/mol. The first-order chi connectivity index (χ1) is 30.0. The molecule has 0 saturated carbocycles. The molecule has 0 aromatic heterocycles. The van der Waals surface area contributed by atoms with Crippen molar-refractivity contribution >= 4 is 11.4 Å². The highest BCUT2D eigenvalue weighted by atomic mass is 16.5. The standard InChI is InChI=1S/C53H42N2O6/c1-5-25-56-46-17-11-40(12-18-46)42-15-23-50-44(32-42)34-54(36-60-50)48-21-9-38(30-52(48)58-27-7-3)29-39-10-22-49(53(31-39)59-28-8-4)55-35-45-33-43(16-24-51(45)61-37-55)41-13-19-47(20-14-41)57-26-6-2/h1-4,9-24,30-33H,25-29,34-37H2. The van der Waals surface area contributed by atoms with Gasteiger partial charge in [-0.05, 0) is 113 Å². The molecule has 2 aliphatic heterocycles. The van der Waals surface area contributed by atoms with Crippen molar-refractivity contribution in [2.24, 2.45) is 0 Å². The van der Waals surface area contributed by atoms with E-state index < -0.39 is 0 Å². The summed E-state index contributed by atoms with van der Waals surface area (Å²) in [4.78, 5) is 4.29. The smallest absolute Gasteiger partial charge is 0.161 e. The van der Waals surface area contributed by atoms with E-state index in [1.54, 1.807) is 0 Å². The van der Waals surface area contributed by atoms with Gasteiger partial charge in [0.1, 0.15) is 60.9 Å². The minimum atomic E-state index is 0.128. The number of ether oxygens (including phenoxy) is 6. The SMILES string of the molecule is C#CCOc1ccc(-c2ccc3c(c2)CN(c2ccc(Cc4ccc(N5COc6ccc(-c7ccc(OCC#C)cc7)cc6C5)c(OCC#C)c4)cc2OCC#C)CO3)cc1. The quantitative estimate of drug-likeness (QED) is 0.101. The summed E-state index contributed by atoms with van der Waals surface area (Å²) in [5.74, 6) is 14.7. The molecule has 0 bridgehead atoms. The van der Waals surface area contributed by atoms with Gasteiger partial charge in [0.2, 0.25) is 0 Å². The van der Waals surface area contributed by atoms with Crippen molar-refractivity contribution in [1.82, 2.24) is 0 Å². The summed E-state index contributed by atoms with van der Waals surface area (Å²) in [5.41, 5.74) is 10.2. The summed E-state index contributed by atoms with van der Waals surface area (Å²) >= 11 is 0. The van der Waals surface area contributed by atoms with Gasteiger partial charge in [-0.2, -0.15) is 0 Å². The fourth-order valence-electron chi connectivity index (χ4n) is 7.46. The van der Waals surface area contributed by atoms with E-state index >= 15 is 0 Å². The molecule has 0 amide bonds. The maximum Gasteiger partial charge on any atom is 0.161 e. The molecule has 0 atom stereocenters. The van der Waals surface area contributed by atoms with Gasteiger partial charge in [-0.15, -0.1) is 25.7 Å². The summed E-state index contributed by atoms with van der Waals surface area (Å²) in [6, 6.07) is 40.7. The molecule has 6 aromatic rings. The van der Waals surface area contributed by atoms with E-state index in [4.69, 9.17) is 54.1 Å². The van der Waals surface area contributed by atoms with Gasteiger partial charge in [0.25, 0.3) is 0 Å². The average Bonchev–Trinajstić information content (AvgIpc) is 3.31. The normalized spacial score (nSPS) is 12.5. The summed E-state index contributed by atoms with van der Waals surface area (Å²) in [6.07, 6.45) is 22.6. The van der Waals surface area contributed by atoms with E-state index in [0.717, 1.165) is 78.9 Å². The minimum Gasteiger partial charge on any atom is -0.481 e. The summed E-state index contributed by atoms with van der Waals surface area (Å²) in [5, 5.41) is 0. The molecule has 0 aliphatic carbocycles. The van der Waals surface area contributed by atoms with Gasteiger partial charge < -0.3 is 38.2 Å². The van der Waals surface area contributed by atoms with Crippen LogP contribution in [-0.2, 0) is 19.5 Å². The predicted molar refractivity (Wildman–Crippen MR) is 240 cm³/mol. The average molecular weight is 803 g/mol. The maximum absolute atomic E-state index is 6.24. The highest BCUT2D eigenvalue weighted by molar-refractivity contribution is 5.70. The number of fused-ring (bicyclic) bond motifs is 2. The second-order valence-electron chi connectivity index (χ2n) is 14.4. The van der Waals surface area contributed by atoms with Gasteiger partial charge in [0.05, 0.1) is 11.4 Å². The lowest BCUT2D eigenvalue weighted by Gasteiger charge is -2.32. The van der Waals surface area contributed by atoms with Crippen molar-refractivity contribution in [1.29, 1.82) is 0 Å². The largest absolute Gasteiger partial charge is 0.481 e. The molecule has 0 saturated heterocycles. The van der Waals surface area contributed by atoms with Crippen molar-refractivity contribution in [3.05, 3.63) is 144 Å². The Labute approximate surface area is 357 Å². The van der Waals surface area contributed by atoms with Gasteiger partial charge in [0.15, 0.2) is 13.5 Å². The van der Waals surface area contributed by atoms with E-state index in [-0.39, 0.29) is 26.4 Å². The first kappa shape index (κ1) is 39.8. The van der Waals surface area contributed by atoms with E-state index in [2.05, 4.69) is 82.0 Å². The molecule has 0 unspecified atom stereocenters. The lowest BCUT2D eigenvalue weighted by molar-refractivity contribution is 0.286. The van der Waals surface area contributed by atoms with E-state index in [9.17, 15) is 0 Å². The number of nitrogens with zero attached hydrogens (tertiary/aromatic N) is 2. The number of terminal acetylenes is 4. The molecule has 0 spiro atoms. The van der Waals surface area contributed by atoms with Gasteiger partial charge in [0, 0.05) is 24.2 Å². The Balaban J connectivity index is 0.990. The van der Waals surface area contributed by atoms with Gasteiger partial charge >= 0.3 is 0 Å². The molecule has 8 rings (SSSR count). The fourth-order valence-corrected chi connectivity index (χ4v) is 7.46. The molecule has 2 heterocycles. The van der Waals surface area contributed by atoms with Crippen LogP contribution in [0.25, 0.3) is 22.3 Å². The zero-order valence-corrected chi connectivity index (χ0v) is 33.6. The third-order valence-electron chi connectivity index (χ3n) is 10.4. The van der Waals surface area contributed by atoms with Crippen LogP contribution in [0.4, 0.5) is 11.4 Å². The van der Waals surface area contributed by atoms with Gasteiger partial charge in [-0.1, -0.05) is 72.2 Å². The third-order valence-corrected chi connectivity index (χ3v) is 10.4. The van der Waals surface area contributed by atoms with Crippen molar-refractivity contribution in [2.45, 2.75) is 19.5 Å². The molecule has 8 nitrogen and oxygen atoms in total. The van der Waals surface area contributed by atoms with Crippen LogP contribution in [0, 0.1) is 49.4 Å². The van der Waals surface area contributed by atoms with Crippen molar-refractivity contribution in [3.8, 4) is 106 Å². The first-order valence-electron chi connectivity index (χ1n) is 19.7. The minimum absolute atomic E-state index is 0.128. The topological polar surface area (TPSA) is 61.9 Å². The number of hydrogen-bond acceptors (Lipinski definition) is 8. The number of rotatable bonds is 14. The molecule has 6 aromatic carbocycles. The molecule has 2 aliphatic rings. The Bertz CT molecular complexity index is 2510. The summed E-state index contributed by atoms with van der Waals surface area (Å²) in [6.45, 7) is 2.68. The summed E-state index contributed by atoms with van der Waals surface area (Å²) in [7, 11) is 0. The van der Waals surface area contributed by atoms with Crippen molar-refractivity contribution in [2.75, 3.05) is 49.7 Å². The Hall–Kier alpha value is -8.04. The van der Waals surface area contributed by atoms with Crippen LogP contribution < -0.4 is 38.2 Å². The van der Waals surface area contributed by atoms with Gasteiger partial charge in [-0.25, -0.2) is 0 Å². The predicted octanol–water partition coefficient (Wildman–Crippen LogP) is 9.37. The Kier molecular flexibility index (Phi) is 12.2. The van der Waals surface area contributed by atoms with Crippen LogP contribution in [0.15, 0.2) is 121 Å². The molecule has 0 N–H and O–H groups in total.